The molecule has 25 heavy (non-hydrogen) atoms. The van der Waals surface area contributed by atoms with Crippen molar-refractivity contribution < 1.29 is 9.59 Å². The van der Waals surface area contributed by atoms with Gasteiger partial charge in [0.1, 0.15) is 0 Å². The molecule has 1 saturated heterocycles. The molecule has 1 aliphatic heterocycles. The van der Waals surface area contributed by atoms with Crippen LogP contribution in [-0.2, 0) is 4.79 Å². The van der Waals surface area contributed by atoms with E-state index in [1.54, 1.807) is 43.3 Å². The molecular formula is C20H29N3O2. The minimum Gasteiger partial charge on any atom is -0.345 e. The number of anilines is 1. The van der Waals surface area contributed by atoms with Crippen LogP contribution in [0.1, 0.15) is 48.9 Å². The minimum absolute atomic E-state index is 0.0328. The third kappa shape index (κ3) is 4.40. The summed E-state index contributed by atoms with van der Waals surface area (Å²) in [6, 6.07) is 7.71. The molecule has 1 aromatic carbocycles. The number of nitrogens with zero attached hydrogens (tertiary/aromatic N) is 2. The van der Waals surface area contributed by atoms with E-state index in [1.165, 1.54) is 38.5 Å². The first kappa shape index (κ1) is 17.9. The van der Waals surface area contributed by atoms with E-state index in [9.17, 15) is 9.59 Å². The van der Waals surface area contributed by atoms with Gasteiger partial charge >= 0.3 is 0 Å². The van der Waals surface area contributed by atoms with Crippen molar-refractivity contribution in [2.75, 3.05) is 32.5 Å². The van der Waals surface area contributed by atoms with Gasteiger partial charge in [-0.25, -0.2) is 0 Å². The van der Waals surface area contributed by atoms with Gasteiger partial charge < -0.3 is 10.2 Å². The number of piperidine rings is 1. The Hall–Kier alpha value is -1.88. The third-order valence-corrected chi connectivity index (χ3v) is 5.53. The normalized spacial score (nSPS) is 23.6. The summed E-state index contributed by atoms with van der Waals surface area (Å²) in [5.41, 5.74) is 1.38. The van der Waals surface area contributed by atoms with Crippen LogP contribution in [-0.4, -0.2) is 54.8 Å². The first-order valence-corrected chi connectivity index (χ1v) is 9.40. The molecule has 1 saturated carbocycles. The molecule has 0 radical (unpaired) electrons. The predicted molar refractivity (Wildman–Crippen MR) is 99.6 cm³/mol. The van der Waals surface area contributed by atoms with Crippen LogP contribution in [0.25, 0.3) is 0 Å². The highest BCUT2D eigenvalue weighted by molar-refractivity contribution is 5.96. The molecule has 1 aromatic rings. The molecule has 0 unspecified atom stereocenters. The van der Waals surface area contributed by atoms with Crippen molar-refractivity contribution in [3.63, 3.8) is 0 Å². The molecule has 2 fully saturated rings. The van der Waals surface area contributed by atoms with Crippen molar-refractivity contribution in [3.05, 3.63) is 29.8 Å². The van der Waals surface area contributed by atoms with Crippen LogP contribution in [0.4, 0.5) is 5.69 Å². The molecule has 2 atom stereocenters. The number of rotatable bonds is 4. The van der Waals surface area contributed by atoms with E-state index in [1.807, 2.05) is 0 Å². The Morgan fingerprint density at radius 3 is 2.48 bits per heavy atom. The summed E-state index contributed by atoms with van der Waals surface area (Å²) in [5, 5.41) is 2.97. The van der Waals surface area contributed by atoms with Gasteiger partial charge in [-0.2, -0.15) is 0 Å². The van der Waals surface area contributed by atoms with Crippen molar-refractivity contribution >= 4 is 17.5 Å². The molecule has 5 heteroatoms. The number of hydrogen-bond donors (Lipinski definition) is 1. The number of fused-ring (bicyclic) bond motifs is 1. The topological polar surface area (TPSA) is 52.7 Å². The number of carbonyl (C=O) groups is 2. The van der Waals surface area contributed by atoms with Crippen molar-refractivity contribution in [1.82, 2.24) is 9.80 Å². The zero-order chi connectivity index (χ0) is 17.8. The van der Waals surface area contributed by atoms with Crippen LogP contribution in [0.5, 0.6) is 0 Å². The lowest BCUT2D eigenvalue weighted by atomic mass is 9.78. The van der Waals surface area contributed by atoms with Gasteiger partial charge in [-0.15, -0.1) is 0 Å². The van der Waals surface area contributed by atoms with Gasteiger partial charge in [0.2, 0.25) is 5.91 Å². The molecule has 5 nitrogen and oxygen atoms in total. The summed E-state index contributed by atoms with van der Waals surface area (Å²) < 4.78 is 0. The van der Waals surface area contributed by atoms with Crippen molar-refractivity contribution in [2.45, 2.75) is 44.6 Å². The van der Waals surface area contributed by atoms with E-state index < -0.39 is 0 Å². The molecule has 2 amide bonds. The molecule has 1 N–H and O–H groups in total. The van der Waals surface area contributed by atoms with E-state index in [4.69, 9.17) is 0 Å². The fourth-order valence-electron chi connectivity index (χ4n) is 4.26. The van der Waals surface area contributed by atoms with Gasteiger partial charge in [0, 0.05) is 31.4 Å². The maximum absolute atomic E-state index is 12.5. The first-order valence-electron chi connectivity index (χ1n) is 9.40. The molecular weight excluding hydrogens is 314 g/mol. The Morgan fingerprint density at radius 1 is 1.08 bits per heavy atom. The number of nitrogens with one attached hydrogen (secondary N) is 1. The zero-order valence-electron chi connectivity index (χ0n) is 15.3. The highest BCUT2D eigenvalue weighted by Gasteiger charge is 2.33. The summed E-state index contributed by atoms with van der Waals surface area (Å²) in [4.78, 5) is 28.3. The average molecular weight is 343 g/mol. The van der Waals surface area contributed by atoms with E-state index in [2.05, 4.69) is 10.2 Å². The first-order chi connectivity index (χ1) is 12.0. The Balaban J connectivity index is 1.56. The van der Waals surface area contributed by atoms with Gasteiger partial charge in [0.25, 0.3) is 5.91 Å². The SMILES string of the molecule is CN(C)C(=O)c1ccc(NC(=O)CN2CCC[C@@H]3CCCC[C@@H]32)cc1. The zero-order valence-corrected chi connectivity index (χ0v) is 15.3. The van der Waals surface area contributed by atoms with E-state index in [0.29, 0.717) is 18.2 Å². The molecule has 0 aromatic heterocycles. The van der Waals surface area contributed by atoms with Crippen molar-refractivity contribution in [2.24, 2.45) is 5.92 Å². The quantitative estimate of drug-likeness (QED) is 0.914. The Labute approximate surface area is 150 Å². The smallest absolute Gasteiger partial charge is 0.253 e. The molecule has 1 aliphatic carbocycles. The number of amides is 2. The van der Waals surface area contributed by atoms with E-state index in [0.717, 1.165) is 18.2 Å². The van der Waals surface area contributed by atoms with Crippen molar-refractivity contribution in [3.8, 4) is 0 Å². The Morgan fingerprint density at radius 2 is 1.76 bits per heavy atom. The summed E-state index contributed by atoms with van der Waals surface area (Å²) >= 11 is 0. The molecule has 1 heterocycles. The number of carbonyl (C=O) groups excluding carboxylic acids is 2. The largest absolute Gasteiger partial charge is 0.345 e. The van der Waals surface area contributed by atoms with Gasteiger partial charge in [-0.1, -0.05) is 12.8 Å². The Kier molecular flexibility index (Phi) is 5.74. The van der Waals surface area contributed by atoms with Crippen LogP contribution in [0.3, 0.4) is 0 Å². The lowest BCUT2D eigenvalue weighted by molar-refractivity contribution is -0.118. The van der Waals surface area contributed by atoms with Crippen LogP contribution < -0.4 is 5.32 Å². The van der Waals surface area contributed by atoms with Crippen LogP contribution in [0, 0.1) is 5.92 Å². The standard InChI is InChI=1S/C20H29N3O2/c1-22(2)20(25)16-9-11-17(12-10-16)21-19(24)14-23-13-5-7-15-6-3-4-8-18(15)23/h9-12,15,18H,3-8,13-14H2,1-2H3,(H,21,24)/t15-,18-/m0/s1. The third-order valence-electron chi connectivity index (χ3n) is 5.53. The predicted octanol–water partition coefficient (Wildman–Crippen LogP) is 2.98. The second kappa shape index (κ2) is 8.00. The maximum atomic E-state index is 12.5. The molecule has 0 spiro atoms. The second-order valence-electron chi connectivity index (χ2n) is 7.55. The lowest BCUT2D eigenvalue weighted by Crippen LogP contribution is -2.49. The van der Waals surface area contributed by atoms with Crippen LogP contribution in [0.15, 0.2) is 24.3 Å². The fraction of sp³-hybridized carbons (Fsp3) is 0.600. The molecule has 136 valence electrons. The number of likely N-dealkylation sites (tertiary alicyclic amines) is 1. The maximum Gasteiger partial charge on any atom is 0.253 e. The summed E-state index contributed by atoms with van der Waals surface area (Å²) in [5.74, 6) is 0.791. The highest BCUT2D eigenvalue weighted by atomic mass is 16.2. The van der Waals surface area contributed by atoms with Gasteiger partial charge in [0.15, 0.2) is 0 Å². The minimum atomic E-state index is -0.0328. The van der Waals surface area contributed by atoms with Gasteiger partial charge in [-0.05, 0) is 62.4 Å². The Bertz CT molecular complexity index is 610. The molecule has 3 rings (SSSR count). The van der Waals surface area contributed by atoms with E-state index >= 15 is 0 Å². The van der Waals surface area contributed by atoms with Crippen LogP contribution >= 0.6 is 0 Å². The number of hydrogen-bond acceptors (Lipinski definition) is 3. The van der Waals surface area contributed by atoms with Gasteiger partial charge in [-0.3, -0.25) is 14.5 Å². The molecule has 0 bridgehead atoms. The van der Waals surface area contributed by atoms with E-state index in [-0.39, 0.29) is 11.8 Å². The average Bonchev–Trinajstić information content (AvgIpc) is 2.62. The fourth-order valence-corrected chi connectivity index (χ4v) is 4.26. The van der Waals surface area contributed by atoms with Crippen LogP contribution in [0.2, 0.25) is 0 Å². The monoisotopic (exact) mass is 343 g/mol. The summed E-state index contributed by atoms with van der Waals surface area (Å²) in [6.45, 7) is 1.50. The molecule has 2 aliphatic rings. The van der Waals surface area contributed by atoms with Gasteiger partial charge in [0.05, 0.1) is 6.54 Å². The highest BCUT2D eigenvalue weighted by Crippen LogP contribution is 2.35. The summed E-state index contributed by atoms with van der Waals surface area (Å²) in [6.07, 6.45) is 7.73. The van der Waals surface area contributed by atoms with Crippen molar-refractivity contribution in [1.29, 1.82) is 0 Å². The lowest BCUT2D eigenvalue weighted by Gasteiger charge is -2.43. The summed E-state index contributed by atoms with van der Waals surface area (Å²) in [7, 11) is 3.46. The second-order valence-corrected chi connectivity index (χ2v) is 7.55. The number of benzene rings is 1.